The molecular weight excluding hydrogens is 509 g/mol. The summed E-state index contributed by atoms with van der Waals surface area (Å²) in [5, 5.41) is 26.2. The van der Waals surface area contributed by atoms with Gasteiger partial charge in [0.15, 0.2) is 21.5 Å². The number of benzene rings is 1. The first-order valence-electron chi connectivity index (χ1n) is 11.7. The Bertz CT molecular complexity index is 1390. The van der Waals surface area contributed by atoms with E-state index in [2.05, 4.69) is 30.8 Å². The SMILES string of the molecule is Cc1cc(Nc2nc(Nc3cc(C)c(C4CC[N+]([O-])(C5CS(=O)(=O)C5)CC4)cc3F)ncc2Cl)n[nH]1. The molecule has 4 heterocycles. The number of aromatic amines is 1. The largest absolute Gasteiger partial charge is 0.633 e. The van der Waals surface area contributed by atoms with Gasteiger partial charge < -0.3 is 20.5 Å². The van der Waals surface area contributed by atoms with E-state index in [9.17, 15) is 13.6 Å². The van der Waals surface area contributed by atoms with Crippen LogP contribution in [0.15, 0.2) is 24.4 Å². The lowest BCUT2D eigenvalue weighted by atomic mass is 9.86. The maximum atomic E-state index is 15.1. The Morgan fingerprint density at radius 1 is 1.17 bits per heavy atom. The van der Waals surface area contributed by atoms with Gasteiger partial charge in [-0.05, 0) is 43.0 Å². The molecule has 1 aromatic carbocycles. The van der Waals surface area contributed by atoms with Crippen LogP contribution in [0.1, 0.15) is 35.6 Å². The molecule has 0 bridgehead atoms. The number of nitrogens with one attached hydrogen (secondary N) is 3. The lowest BCUT2D eigenvalue weighted by Crippen LogP contribution is -2.64. The van der Waals surface area contributed by atoms with E-state index >= 15 is 4.39 Å². The van der Waals surface area contributed by atoms with Gasteiger partial charge in [0.05, 0.1) is 25.0 Å². The minimum absolute atomic E-state index is 0.0272. The lowest BCUT2D eigenvalue weighted by Gasteiger charge is -2.54. The molecule has 2 fully saturated rings. The van der Waals surface area contributed by atoms with E-state index in [0.29, 0.717) is 37.6 Å². The minimum Gasteiger partial charge on any atom is -0.633 e. The number of hydrogen-bond donors (Lipinski definition) is 3. The van der Waals surface area contributed by atoms with E-state index in [4.69, 9.17) is 11.6 Å². The van der Waals surface area contributed by atoms with Crippen LogP contribution in [0.25, 0.3) is 0 Å². The van der Waals surface area contributed by atoms with Crippen molar-refractivity contribution in [2.45, 2.75) is 38.6 Å². The Labute approximate surface area is 213 Å². The van der Waals surface area contributed by atoms with Gasteiger partial charge in [-0.15, -0.1) is 0 Å². The summed E-state index contributed by atoms with van der Waals surface area (Å²) in [4.78, 5) is 8.50. The van der Waals surface area contributed by atoms with Gasteiger partial charge in [-0.3, -0.25) is 5.10 Å². The molecule has 2 aliphatic heterocycles. The predicted octanol–water partition coefficient (Wildman–Crippen LogP) is 4.09. The van der Waals surface area contributed by atoms with Crippen LogP contribution in [0.4, 0.5) is 27.7 Å². The summed E-state index contributed by atoms with van der Waals surface area (Å²) in [7, 11) is -3.05. The summed E-state index contributed by atoms with van der Waals surface area (Å²) in [6.45, 7) is 4.46. The van der Waals surface area contributed by atoms with Gasteiger partial charge in [0.2, 0.25) is 5.95 Å². The van der Waals surface area contributed by atoms with Crippen molar-refractivity contribution in [3.8, 4) is 0 Å². The van der Waals surface area contributed by atoms with Gasteiger partial charge in [0.25, 0.3) is 0 Å². The van der Waals surface area contributed by atoms with E-state index in [0.717, 1.165) is 16.8 Å². The second kappa shape index (κ2) is 9.25. The molecule has 10 nitrogen and oxygen atoms in total. The predicted molar refractivity (Wildman–Crippen MR) is 136 cm³/mol. The van der Waals surface area contributed by atoms with Crippen molar-refractivity contribution in [1.29, 1.82) is 0 Å². The lowest BCUT2D eigenvalue weighted by molar-refractivity contribution is -0.906. The molecule has 0 aliphatic carbocycles. The fraction of sp³-hybridized carbons (Fsp3) is 0.435. The number of aryl methyl sites for hydroxylation is 2. The molecule has 5 rings (SSSR count). The third kappa shape index (κ3) is 5.03. The molecule has 0 amide bonds. The van der Waals surface area contributed by atoms with Gasteiger partial charge >= 0.3 is 0 Å². The Balaban J connectivity index is 1.28. The molecule has 192 valence electrons. The molecule has 2 aliphatic rings. The maximum Gasteiger partial charge on any atom is 0.229 e. The number of hydroxylamine groups is 3. The molecule has 2 aromatic heterocycles. The summed E-state index contributed by atoms with van der Waals surface area (Å²) in [5.41, 5.74) is 2.84. The highest BCUT2D eigenvalue weighted by molar-refractivity contribution is 7.92. The molecule has 0 unspecified atom stereocenters. The average Bonchev–Trinajstić information content (AvgIpc) is 3.22. The first kappa shape index (κ1) is 24.9. The van der Waals surface area contributed by atoms with Gasteiger partial charge in [-0.2, -0.15) is 10.1 Å². The number of nitrogens with zero attached hydrogens (tertiary/aromatic N) is 4. The molecule has 3 aromatic rings. The fourth-order valence-corrected chi connectivity index (χ4v) is 6.72. The van der Waals surface area contributed by atoms with E-state index in [1.165, 1.54) is 12.3 Å². The number of halogens is 2. The number of likely N-dealkylation sites (tertiary alicyclic amines) is 1. The van der Waals surface area contributed by atoms with Gasteiger partial charge in [0.1, 0.15) is 28.4 Å². The van der Waals surface area contributed by atoms with Crippen LogP contribution in [0.3, 0.4) is 0 Å². The van der Waals surface area contributed by atoms with Crippen LogP contribution in [0, 0.1) is 24.9 Å². The highest BCUT2D eigenvalue weighted by Crippen LogP contribution is 2.38. The van der Waals surface area contributed by atoms with Gasteiger partial charge in [0, 0.05) is 24.6 Å². The summed E-state index contributed by atoms with van der Waals surface area (Å²) in [5.74, 6) is 0.575. The summed E-state index contributed by atoms with van der Waals surface area (Å²) in [6, 6.07) is 4.64. The van der Waals surface area contributed by atoms with Crippen LogP contribution in [-0.2, 0) is 9.84 Å². The van der Waals surface area contributed by atoms with Crippen molar-refractivity contribution < 1.29 is 17.5 Å². The van der Waals surface area contributed by atoms with Crippen molar-refractivity contribution in [2.24, 2.45) is 0 Å². The van der Waals surface area contributed by atoms with Gasteiger partial charge in [-0.1, -0.05) is 11.6 Å². The quantitative estimate of drug-likeness (QED) is 0.317. The Hall–Kier alpha value is -2.80. The van der Waals surface area contributed by atoms with E-state index in [1.807, 2.05) is 13.8 Å². The molecular formula is C23H27ClFN7O3S. The molecule has 0 saturated carbocycles. The third-order valence-electron chi connectivity index (χ3n) is 7.01. The molecule has 0 radical (unpaired) electrons. The average molecular weight is 536 g/mol. The number of sulfone groups is 1. The van der Waals surface area contributed by atoms with Crippen molar-refractivity contribution in [2.75, 3.05) is 35.2 Å². The monoisotopic (exact) mass is 535 g/mol. The Kier molecular flexibility index (Phi) is 6.39. The maximum absolute atomic E-state index is 15.1. The highest BCUT2D eigenvalue weighted by Gasteiger charge is 2.46. The molecule has 13 heteroatoms. The van der Waals surface area contributed by atoms with Crippen LogP contribution in [0.5, 0.6) is 0 Å². The molecule has 3 N–H and O–H groups in total. The van der Waals surface area contributed by atoms with Crippen LogP contribution in [-0.4, -0.2) is 63.9 Å². The molecule has 36 heavy (non-hydrogen) atoms. The van der Waals surface area contributed by atoms with Gasteiger partial charge in [-0.25, -0.2) is 17.8 Å². The first-order valence-corrected chi connectivity index (χ1v) is 13.9. The van der Waals surface area contributed by atoms with Crippen LogP contribution in [0.2, 0.25) is 5.02 Å². The molecule has 0 spiro atoms. The number of rotatable bonds is 6. The zero-order valence-corrected chi connectivity index (χ0v) is 21.5. The smallest absolute Gasteiger partial charge is 0.229 e. The van der Waals surface area contributed by atoms with Crippen molar-refractivity contribution in [1.82, 2.24) is 20.2 Å². The molecule has 2 saturated heterocycles. The van der Waals surface area contributed by atoms with Crippen molar-refractivity contribution in [3.05, 3.63) is 57.3 Å². The number of hydrogen-bond acceptors (Lipinski definition) is 8. The van der Waals surface area contributed by atoms with Crippen LogP contribution < -0.4 is 10.6 Å². The van der Waals surface area contributed by atoms with E-state index in [1.54, 1.807) is 12.1 Å². The third-order valence-corrected chi connectivity index (χ3v) is 9.07. The number of piperidine rings is 1. The summed E-state index contributed by atoms with van der Waals surface area (Å²) >= 11 is 6.20. The summed E-state index contributed by atoms with van der Waals surface area (Å²) in [6.07, 6.45) is 2.60. The zero-order chi connectivity index (χ0) is 25.7. The second-order valence-electron chi connectivity index (χ2n) is 9.67. The topological polar surface area (TPSA) is 136 Å². The van der Waals surface area contributed by atoms with Crippen LogP contribution >= 0.6 is 11.6 Å². The first-order chi connectivity index (χ1) is 17.0. The van der Waals surface area contributed by atoms with E-state index in [-0.39, 0.29) is 40.1 Å². The number of H-pyrrole nitrogens is 1. The molecule has 0 atom stereocenters. The zero-order valence-electron chi connectivity index (χ0n) is 19.9. The van der Waals surface area contributed by atoms with Crippen molar-refractivity contribution in [3.63, 3.8) is 0 Å². The second-order valence-corrected chi connectivity index (χ2v) is 12.2. The number of aromatic nitrogens is 4. The highest BCUT2D eigenvalue weighted by atomic mass is 35.5. The number of anilines is 4. The Morgan fingerprint density at radius 3 is 2.53 bits per heavy atom. The number of quaternary nitrogens is 1. The normalized spacial score (nSPS) is 23.8. The summed E-state index contributed by atoms with van der Waals surface area (Å²) < 4.78 is 37.7. The van der Waals surface area contributed by atoms with E-state index < -0.39 is 20.3 Å². The minimum atomic E-state index is -3.05. The Morgan fingerprint density at radius 2 is 1.89 bits per heavy atom. The fourth-order valence-electron chi connectivity index (χ4n) is 4.96. The standard InChI is InChI=1S/C23H27ClFN7O3S/c1-13-7-20(27-23-26-10-18(24)22(29-23)28-21-8-14(2)30-31-21)19(25)9-17(13)15-3-5-32(33,6-4-15)16-11-36(34,35)12-16/h7-10,15-16H,3-6,11-12H2,1-2H3,(H3,26,27,28,29,30,31). The van der Waals surface area contributed by atoms with Crippen molar-refractivity contribution >= 4 is 44.7 Å².